The van der Waals surface area contributed by atoms with Crippen molar-refractivity contribution in [2.24, 2.45) is 0 Å². The first-order valence-corrected chi connectivity index (χ1v) is 9.24. The summed E-state index contributed by atoms with van der Waals surface area (Å²) in [6, 6.07) is 4.49. The Morgan fingerprint density at radius 2 is 2.00 bits per heavy atom. The lowest BCUT2D eigenvalue weighted by atomic mass is 9.96. The highest BCUT2D eigenvalue weighted by molar-refractivity contribution is 6.31. The molecule has 1 aliphatic heterocycles. The van der Waals surface area contributed by atoms with Crippen LogP contribution in [0.5, 0.6) is 0 Å². The van der Waals surface area contributed by atoms with E-state index in [1.54, 1.807) is 0 Å². The van der Waals surface area contributed by atoms with Gasteiger partial charge in [-0.3, -0.25) is 4.79 Å². The fourth-order valence-electron chi connectivity index (χ4n) is 3.51. The maximum atomic E-state index is 13.6. The maximum Gasteiger partial charge on any atom is 0.322 e. The molecule has 0 fully saturated rings. The average Bonchev–Trinajstić information content (AvgIpc) is 2.71. The van der Waals surface area contributed by atoms with Crippen LogP contribution in [-0.4, -0.2) is 29.6 Å². The minimum atomic E-state index is -1.21. The summed E-state index contributed by atoms with van der Waals surface area (Å²) in [7, 11) is 1.49. The molecule has 10 heteroatoms. The molecule has 0 spiro atoms. The van der Waals surface area contributed by atoms with E-state index >= 15 is 0 Å². The number of urea groups is 1. The van der Waals surface area contributed by atoms with E-state index in [4.69, 9.17) is 16.3 Å². The molecule has 1 unspecified atom stereocenters. The van der Waals surface area contributed by atoms with Gasteiger partial charge in [-0.15, -0.1) is 0 Å². The molecule has 30 heavy (non-hydrogen) atoms. The van der Waals surface area contributed by atoms with E-state index in [1.165, 1.54) is 24.1 Å². The normalized spacial score (nSPS) is 15.7. The fraction of sp³-hybridized carbons (Fsp3) is 0.200. The Balaban J connectivity index is 1.70. The van der Waals surface area contributed by atoms with Gasteiger partial charge in [0.15, 0.2) is 11.6 Å². The van der Waals surface area contributed by atoms with Crippen molar-refractivity contribution in [3.63, 3.8) is 0 Å². The van der Waals surface area contributed by atoms with Gasteiger partial charge in [0.2, 0.25) is 0 Å². The van der Waals surface area contributed by atoms with Gasteiger partial charge in [-0.05, 0) is 23.6 Å². The number of ether oxygens (including phenoxy) is 1. The minimum absolute atomic E-state index is 0.0268. The molecule has 6 nitrogen and oxygen atoms in total. The number of amides is 2. The number of likely N-dealkylation sites (N-methyl/N-ethyl adjacent to an activating group) is 1. The molecule has 4 rings (SSSR count). The zero-order chi connectivity index (χ0) is 21.6. The molecule has 0 radical (unpaired) electrons. The summed E-state index contributed by atoms with van der Waals surface area (Å²) >= 11 is 5.63. The number of rotatable bonds is 2. The molecule has 1 atom stereocenters. The number of fused-ring (bicyclic) bond motifs is 3. The predicted octanol–water partition coefficient (Wildman–Crippen LogP) is 4.33. The van der Waals surface area contributed by atoms with Crippen LogP contribution >= 0.6 is 11.6 Å². The van der Waals surface area contributed by atoms with Crippen molar-refractivity contribution in [2.75, 3.05) is 19.0 Å². The lowest BCUT2D eigenvalue weighted by molar-refractivity contribution is 0.0527. The lowest BCUT2D eigenvalue weighted by Gasteiger charge is -2.33. The fourth-order valence-corrected chi connectivity index (χ4v) is 3.72. The average molecular weight is 438 g/mol. The lowest BCUT2D eigenvalue weighted by Crippen LogP contribution is -2.39. The Morgan fingerprint density at radius 3 is 2.73 bits per heavy atom. The number of carbonyl (C=O) groups is 1. The van der Waals surface area contributed by atoms with Crippen molar-refractivity contribution in [3.8, 4) is 0 Å². The SMILES string of the molecule is CN(C(=O)Nc1cc(F)c(F)c(Cl)c1)C1COCc2[nH]c(=O)c3cc(F)ccc3c21. The number of hydrogen-bond donors (Lipinski definition) is 2. The number of halogens is 4. The highest BCUT2D eigenvalue weighted by atomic mass is 35.5. The molecule has 156 valence electrons. The summed E-state index contributed by atoms with van der Waals surface area (Å²) in [4.78, 5) is 29.0. The second kappa shape index (κ2) is 7.66. The third-order valence-corrected chi connectivity index (χ3v) is 5.26. The zero-order valence-electron chi connectivity index (χ0n) is 15.6. The number of carbonyl (C=O) groups excluding carboxylic acids is 1. The Kier molecular flexibility index (Phi) is 5.17. The molecule has 0 aliphatic carbocycles. The van der Waals surface area contributed by atoms with E-state index in [2.05, 4.69) is 10.3 Å². The summed E-state index contributed by atoms with van der Waals surface area (Å²) in [6.07, 6.45) is 0. The number of pyridine rings is 1. The second-order valence-corrected chi connectivity index (χ2v) is 7.27. The second-order valence-electron chi connectivity index (χ2n) is 6.86. The molecule has 0 saturated carbocycles. The molecular formula is C20H15ClF3N3O3. The number of hydrogen-bond acceptors (Lipinski definition) is 3. The smallest absolute Gasteiger partial charge is 0.322 e. The van der Waals surface area contributed by atoms with Crippen molar-refractivity contribution < 1.29 is 22.7 Å². The number of aromatic nitrogens is 1. The van der Waals surface area contributed by atoms with E-state index in [1.807, 2.05) is 0 Å². The third-order valence-electron chi connectivity index (χ3n) is 4.98. The van der Waals surface area contributed by atoms with Crippen LogP contribution in [0, 0.1) is 17.5 Å². The first-order valence-electron chi connectivity index (χ1n) is 8.86. The number of aromatic amines is 1. The number of nitrogens with one attached hydrogen (secondary N) is 2. The Labute approximate surface area is 173 Å². The van der Waals surface area contributed by atoms with Crippen molar-refractivity contribution in [1.82, 2.24) is 9.88 Å². The molecule has 2 amide bonds. The van der Waals surface area contributed by atoms with Crippen LogP contribution in [0.3, 0.4) is 0 Å². The number of nitrogens with zero attached hydrogens (tertiary/aromatic N) is 1. The van der Waals surface area contributed by atoms with Crippen molar-refractivity contribution in [1.29, 1.82) is 0 Å². The van der Waals surface area contributed by atoms with E-state index < -0.39 is 40.1 Å². The molecular weight excluding hydrogens is 423 g/mol. The highest BCUT2D eigenvalue weighted by Gasteiger charge is 2.30. The standard InChI is InChI=1S/C20H15ClF3N3O3/c1-27(20(29)25-10-5-13(21)18(24)14(23)6-10)16-8-30-7-15-17(16)11-3-2-9(22)4-12(11)19(28)26-15/h2-6,16H,7-8H2,1H3,(H,25,29)(H,26,28). The van der Waals surface area contributed by atoms with Gasteiger partial charge in [0, 0.05) is 30.1 Å². The van der Waals surface area contributed by atoms with Gasteiger partial charge in [0.1, 0.15) is 5.82 Å². The van der Waals surface area contributed by atoms with E-state index in [9.17, 15) is 22.8 Å². The first-order chi connectivity index (χ1) is 14.3. The van der Waals surface area contributed by atoms with Crippen molar-refractivity contribution >= 4 is 34.1 Å². The van der Waals surface area contributed by atoms with E-state index in [0.717, 1.165) is 18.2 Å². The van der Waals surface area contributed by atoms with Gasteiger partial charge in [0.25, 0.3) is 5.56 Å². The van der Waals surface area contributed by atoms with Gasteiger partial charge in [-0.1, -0.05) is 17.7 Å². The molecule has 2 heterocycles. The van der Waals surface area contributed by atoms with E-state index in [-0.39, 0.29) is 24.3 Å². The van der Waals surface area contributed by atoms with Gasteiger partial charge in [-0.2, -0.15) is 0 Å². The minimum Gasteiger partial charge on any atom is -0.373 e. The quantitative estimate of drug-likeness (QED) is 0.586. The van der Waals surface area contributed by atoms with Gasteiger partial charge >= 0.3 is 6.03 Å². The van der Waals surface area contributed by atoms with Gasteiger partial charge in [0.05, 0.1) is 29.7 Å². The van der Waals surface area contributed by atoms with Crippen LogP contribution in [0.4, 0.5) is 23.7 Å². The monoisotopic (exact) mass is 437 g/mol. The maximum absolute atomic E-state index is 13.6. The third kappa shape index (κ3) is 3.50. The molecule has 2 aromatic carbocycles. The molecule has 1 aromatic heterocycles. The molecule has 3 aromatic rings. The molecule has 0 bridgehead atoms. The van der Waals surface area contributed by atoms with Crippen molar-refractivity contribution in [3.05, 3.63) is 74.4 Å². The molecule has 0 saturated heterocycles. The topological polar surface area (TPSA) is 74.4 Å². The largest absolute Gasteiger partial charge is 0.373 e. The predicted molar refractivity (Wildman–Crippen MR) is 105 cm³/mol. The summed E-state index contributed by atoms with van der Waals surface area (Å²) in [5.41, 5.74) is 0.611. The Bertz CT molecular complexity index is 1210. The Morgan fingerprint density at radius 1 is 1.23 bits per heavy atom. The van der Waals surface area contributed by atoms with Crippen LogP contribution in [0.1, 0.15) is 17.3 Å². The Hall–Kier alpha value is -3.04. The van der Waals surface area contributed by atoms with E-state index in [0.29, 0.717) is 16.6 Å². The van der Waals surface area contributed by atoms with Crippen LogP contribution in [-0.2, 0) is 11.3 Å². The zero-order valence-corrected chi connectivity index (χ0v) is 16.3. The summed E-state index contributed by atoms with van der Waals surface area (Å²) in [5.74, 6) is -2.96. The molecule has 1 aliphatic rings. The first kappa shape index (κ1) is 20.2. The summed E-state index contributed by atoms with van der Waals surface area (Å²) < 4.78 is 46.1. The van der Waals surface area contributed by atoms with Crippen LogP contribution < -0.4 is 10.9 Å². The number of anilines is 1. The van der Waals surface area contributed by atoms with Gasteiger partial charge in [-0.25, -0.2) is 18.0 Å². The molecule has 2 N–H and O–H groups in total. The van der Waals surface area contributed by atoms with Crippen molar-refractivity contribution in [2.45, 2.75) is 12.6 Å². The van der Waals surface area contributed by atoms with Crippen LogP contribution in [0.25, 0.3) is 10.8 Å². The number of benzene rings is 2. The van der Waals surface area contributed by atoms with Crippen LogP contribution in [0.15, 0.2) is 35.1 Å². The highest BCUT2D eigenvalue weighted by Crippen LogP contribution is 2.33. The summed E-state index contributed by atoms with van der Waals surface area (Å²) in [6.45, 7) is 0.247. The summed E-state index contributed by atoms with van der Waals surface area (Å²) in [5, 5.41) is 2.64. The van der Waals surface area contributed by atoms with Gasteiger partial charge < -0.3 is 19.9 Å². The van der Waals surface area contributed by atoms with Crippen LogP contribution in [0.2, 0.25) is 5.02 Å². The number of H-pyrrole nitrogens is 1.